The third-order valence-corrected chi connectivity index (χ3v) is 4.13. The predicted molar refractivity (Wildman–Crippen MR) is 81.6 cm³/mol. The summed E-state index contributed by atoms with van der Waals surface area (Å²) in [5.41, 5.74) is 0.990. The second-order valence-corrected chi connectivity index (χ2v) is 5.81. The Balaban J connectivity index is 1.87. The number of aromatic hydroxyl groups is 1. The average molecular weight is 333 g/mol. The van der Waals surface area contributed by atoms with E-state index in [-0.39, 0.29) is 23.8 Å². The first-order valence-electron chi connectivity index (χ1n) is 7.44. The number of carbonyl (C=O) groups excluding carboxylic acids is 1. The Bertz CT molecular complexity index is 818. The number of aliphatic carboxylic acids is 1. The molecular weight excluding hydrogens is 317 g/mol. The summed E-state index contributed by atoms with van der Waals surface area (Å²) in [6, 6.07) is 4.09. The summed E-state index contributed by atoms with van der Waals surface area (Å²) in [6.07, 6.45) is 1.65. The molecule has 2 N–H and O–H groups in total. The number of benzene rings is 1. The molecule has 0 spiro atoms. The van der Waals surface area contributed by atoms with E-state index < -0.39 is 17.8 Å². The first-order chi connectivity index (χ1) is 11.4. The number of amides is 1. The van der Waals surface area contributed by atoms with Gasteiger partial charge in [-0.25, -0.2) is 9.07 Å². The smallest absolute Gasteiger partial charge is 0.308 e. The fourth-order valence-corrected chi connectivity index (χ4v) is 2.81. The van der Waals surface area contributed by atoms with Crippen molar-refractivity contribution in [3.05, 3.63) is 41.5 Å². The Hall–Kier alpha value is -2.90. The van der Waals surface area contributed by atoms with Crippen molar-refractivity contribution in [3.8, 4) is 11.4 Å². The van der Waals surface area contributed by atoms with Crippen LogP contribution in [0, 0.1) is 18.7 Å². The van der Waals surface area contributed by atoms with Crippen LogP contribution in [0.1, 0.15) is 22.5 Å². The number of halogens is 1. The van der Waals surface area contributed by atoms with Crippen LogP contribution in [0.5, 0.6) is 5.75 Å². The molecule has 2 aromatic rings. The Labute approximate surface area is 136 Å². The third kappa shape index (κ3) is 2.82. The monoisotopic (exact) mass is 333 g/mol. The average Bonchev–Trinajstić information content (AvgIpc) is 3.13. The van der Waals surface area contributed by atoms with Crippen molar-refractivity contribution in [3.63, 3.8) is 0 Å². The van der Waals surface area contributed by atoms with Crippen molar-refractivity contribution in [1.82, 2.24) is 14.7 Å². The van der Waals surface area contributed by atoms with Crippen molar-refractivity contribution in [1.29, 1.82) is 0 Å². The molecule has 24 heavy (non-hydrogen) atoms. The maximum atomic E-state index is 13.2. The zero-order valence-corrected chi connectivity index (χ0v) is 12.9. The molecule has 2 heterocycles. The molecule has 1 aliphatic heterocycles. The van der Waals surface area contributed by atoms with Gasteiger partial charge in [0.2, 0.25) is 0 Å². The highest BCUT2D eigenvalue weighted by molar-refractivity contribution is 5.95. The van der Waals surface area contributed by atoms with Crippen molar-refractivity contribution in [2.45, 2.75) is 13.3 Å². The molecule has 0 saturated carbocycles. The van der Waals surface area contributed by atoms with Crippen molar-refractivity contribution in [2.24, 2.45) is 5.92 Å². The molecule has 3 rings (SSSR count). The topological polar surface area (TPSA) is 95.7 Å². The van der Waals surface area contributed by atoms with Crippen molar-refractivity contribution >= 4 is 11.9 Å². The zero-order chi connectivity index (χ0) is 17.4. The Morgan fingerprint density at radius 2 is 2.12 bits per heavy atom. The standard InChI is InChI=1S/C16H16FN3O4/c1-9-6-11(17)2-3-12(9)20-8-13(21)14(18-20)15(22)19-5-4-10(7-19)16(23)24/h2-3,6,8,10,21H,4-5,7H2,1H3,(H,23,24). The number of aryl methyl sites for hydroxylation is 1. The molecule has 1 aromatic heterocycles. The summed E-state index contributed by atoms with van der Waals surface area (Å²) in [7, 11) is 0. The number of carboxylic acids is 1. The molecule has 1 saturated heterocycles. The molecule has 1 atom stereocenters. The number of hydrogen-bond acceptors (Lipinski definition) is 4. The van der Waals surface area contributed by atoms with Gasteiger partial charge in [0.05, 0.1) is 17.8 Å². The lowest BCUT2D eigenvalue weighted by molar-refractivity contribution is -0.141. The number of carbonyl (C=O) groups is 2. The molecular formula is C16H16FN3O4. The number of likely N-dealkylation sites (tertiary alicyclic amines) is 1. The number of rotatable bonds is 3. The minimum Gasteiger partial charge on any atom is -0.504 e. The van der Waals surface area contributed by atoms with Crippen LogP contribution in [-0.2, 0) is 4.79 Å². The highest BCUT2D eigenvalue weighted by Crippen LogP contribution is 2.25. The number of carboxylic acid groups (broad SMARTS) is 1. The molecule has 1 fully saturated rings. The molecule has 1 amide bonds. The molecule has 0 aliphatic carbocycles. The Morgan fingerprint density at radius 1 is 1.38 bits per heavy atom. The number of aromatic nitrogens is 2. The van der Waals surface area contributed by atoms with Crippen LogP contribution < -0.4 is 0 Å². The lowest BCUT2D eigenvalue weighted by atomic mass is 10.1. The molecule has 0 radical (unpaired) electrons. The van der Waals surface area contributed by atoms with E-state index in [9.17, 15) is 19.1 Å². The highest BCUT2D eigenvalue weighted by Gasteiger charge is 2.33. The van der Waals surface area contributed by atoms with E-state index >= 15 is 0 Å². The summed E-state index contributed by atoms with van der Waals surface area (Å²) in [5, 5.41) is 23.1. The lowest BCUT2D eigenvalue weighted by Crippen LogP contribution is -2.30. The van der Waals surface area contributed by atoms with Gasteiger partial charge >= 0.3 is 5.97 Å². The van der Waals surface area contributed by atoms with Gasteiger partial charge in [-0.1, -0.05) is 0 Å². The Kier molecular flexibility index (Phi) is 3.96. The Morgan fingerprint density at radius 3 is 2.75 bits per heavy atom. The maximum absolute atomic E-state index is 13.2. The largest absolute Gasteiger partial charge is 0.504 e. The van der Waals surface area contributed by atoms with Gasteiger partial charge in [0.15, 0.2) is 11.4 Å². The zero-order valence-electron chi connectivity index (χ0n) is 12.9. The van der Waals surface area contributed by atoms with Gasteiger partial charge in [0, 0.05) is 13.1 Å². The summed E-state index contributed by atoms with van der Waals surface area (Å²) in [5.74, 6) is -2.75. The van der Waals surface area contributed by atoms with Gasteiger partial charge in [-0.15, -0.1) is 0 Å². The summed E-state index contributed by atoms with van der Waals surface area (Å²) in [4.78, 5) is 24.8. The van der Waals surface area contributed by atoms with E-state index in [2.05, 4.69) is 5.10 Å². The van der Waals surface area contributed by atoms with Crippen LogP contribution in [0.2, 0.25) is 0 Å². The fraction of sp³-hybridized carbons (Fsp3) is 0.312. The second-order valence-electron chi connectivity index (χ2n) is 5.81. The normalized spacial score (nSPS) is 17.2. The van der Waals surface area contributed by atoms with Crippen LogP contribution in [0.4, 0.5) is 4.39 Å². The van der Waals surface area contributed by atoms with Gasteiger partial charge in [-0.2, -0.15) is 5.10 Å². The minimum atomic E-state index is -0.943. The summed E-state index contributed by atoms with van der Waals surface area (Å²) in [6.45, 7) is 2.09. The third-order valence-electron chi connectivity index (χ3n) is 4.13. The molecule has 126 valence electrons. The molecule has 1 aromatic carbocycles. The first-order valence-corrected chi connectivity index (χ1v) is 7.44. The van der Waals surface area contributed by atoms with E-state index in [0.29, 0.717) is 24.2 Å². The van der Waals surface area contributed by atoms with Gasteiger partial charge in [0.25, 0.3) is 5.91 Å². The molecule has 0 bridgehead atoms. The van der Waals surface area contributed by atoms with Crippen LogP contribution >= 0.6 is 0 Å². The molecule has 1 aliphatic rings. The quantitative estimate of drug-likeness (QED) is 0.889. The van der Waals surface area contributed by atoms with Crippen LogP contribution in [0.25, 0.3) is 5.69 Å². The van der Waals surface area contributed by atoms with Crippen LogP contribution in [0.3, 0.4) is 0 Å². The predicted octanol–water partition coefficient (Wildman–Crippen LogP) is 1.57. The second kappa shape index (κ2) is 5.95. The van der Waals surface area contributed by atoms with E-state index in [1.807, 2.05) is 0 Å². The summed E-state index contributed by atoms with van der Waals surface area (Å²) < 4.78 is 14.5. The van der Waals surface area contributed by atoms with Gasteiger partial charge in [0.1, 0.15) is 5.82 Å². The number of nitrogens with zero attached hydrogens (tertiary/aromatic N) is 3. The lowest BCUT2D eigenvalue weighted by Gasteiger charge is -2.14. The van der Waals surface area contributed by atoms with Crippen LogP contribution in [0.15, 0.2) is 24.4 Å². The molecule has 1 unspecified atom stereocenters. The first kappa shape index (κ1) is 16.0. The molecule has 7 nitrogen and oxygen atoms in total. The summed E-state index contributed by atoms with van der Waals surface area (Å²) >= 11 is 0. The van der Waals surface area contributed by atoms with Crippen molar-refractivity contribution < 1.29 is 24.2 Å². The van der Waals surface area contributed by atoms with E-state index in [1.165, 1.54) is 34.0 Å². The van der Waals surface area contributed by atoms with Gasteiger partial charge in [-0.3, -0.25) is 9.59 Å². The minimum absolute atomic E-state index is 0.0933. The maximum Gasteiger partial charge on any atom is 0.308 e. The van der Waals surface area contributed by atoms with Crippen LogP contribution in [-0.4, -0.2) is 49.9 Å². The van der Waals surface area contributed by atoms with E-state index in [0.717, 1.165) is 0 Å². The van der Waals surface area contributed by atoms with E-state index in [1.54, 1.807) is 6.92 Å². The van der Waals surface area contributed by atoms with E-state index in [4.69, 9.17) is 5.11 Å². The van der Waals surface area contributed by atoms with Crippen molar-refractivity contribution in [2.75, 3.05) is 13.1 Å². The SMILES string of the molecule is Cc1cc(F)ccc1-n1cc(O)c(C(=O)N2CCC(C(=O)O)C2)n1. The fourth-order valence-electron chi connectivity index (χ4n) is 2.81. The van der Waals surface area contributed by atoms with Gasteiger partial charge < -0.3 is 15.1 Å². The number of hydrogen-bond donors (Lipinski definition) is 2. The van der Waals surface area contributed by atoms with Gasteiger partial charge in [-0.05, 0) is 37.1 Å². The molecule has 8 heteroatoms. The highest BCUT2D eigenvalue weighted by atomic mass is 19.1.